The number of hydrogen-bond donors (Lipinski definition) is 0. The maximum absolute atomic E-state index is 13.5. The number of rotatable bonds is 3. The topological polar surface area (TPSA) is 36.7 Å². The van der Waals surface area contributed by atoms with Crippen molar-refractivity contribution in [2.24, 2.45) is 0 Å². The van der Waals surface area contributed by atoms with Crippen molar-refractivity contribution in [2.45, 2.75) is 23.0 Å². The highest BCUT2D eigenvalue weighted by Gasteiger charge is 2.36. The molecule has 26 heavy (non-hydrogen) atoms. The molecule has 0 bridgehead atoms. The Morgan fingerprint density at radius 1 is 1.00 bits per heavy atom. The van der Waals surface area contributed by atoms with Crippen LogP contribution in [0.4, 0.5) is 13.2 Å². The zero-order chi connectivity index (χ0) is 18.7. The van der Waals surface area contributed by atoms with Gasteiger partial charge in [-0.1, -0.05) is 59.8 Å². The second-order valence-corrected chi connectivity index (χ2v) is 6.69. The van der Waals surface area contributed by atoms with E-state index >= 15 is 0 Å². The minimum atomic E-state index is -4.64. The van der Waals surface area contributed by atoms with E-state index in [2.05, 4.69) is 4.98 Å². The monoisotopic (exact) mass is 370 g/mol. The Hall–Kier alpha value is -2.78. The van der Waals surface area contributed by atoms with E-state index in [-0.39, 0.29) is 10.7 Å². The molecule has 3 rings (SSSR count). The number of nitrogens with zero attached hydrogens (tertiary/aromatic N) is 2. The molecule has 0 saturated carbocycles. The van der Waals surface area contributed by atoms with Crippen molar-refractivity contribution in [3.63, 3.8) is 0 Å². The molecular formula is C20H13F3N2S. The fourth-order valence-electron chi connectivity index (χ4n) is 2.40. The molecule has 0 saturated heterocycles. The lowest BCUT2D eigenvalue weighted by molar-refractivity contribution is -0.138. The highest BCUT2D eigenvalue weighted by Crippen LogP contribution is 2.39. The van der Waals surface area contributed by atoms with E-state index in [0.717, 1.165) is 28.3 Å². The van der Waals surface area contributed by atoms with Gasteiger partial charge in [-0.2, -0.15) is 18.4 Å². The summed E-state index contributed by atoms with van der Waals surface area (Å²) in [5, 5.41) is 9.39. The molecule has 0 unspecified atom stereocenters. The smallest absolute Gasteiger partial charge is 0.240 e. The SMILES string of the molecule is Cc1ccc(Sc2nc(-c3ccccc3)cc(C(F)(F)F)c2C#N)cc1. The Kier molecular flexibility index (Phi) is 5.01. The first-order chi connectivity index (χ1) is 12.4. The van der Waals surface area contributed by atoms with E-state index in [9.17, 15) is 18.4 Å². The van der Waals surface area contributed by atoms with Crippen LogP contribution < -0.4 is 0 Å². The number of aromatic nitrogens is 1. The quantitative estimate of drug-likeness (QED) is 0.559. The maximum atomic E-state index is 13.5. The van der Waals surface area contributed by atoms with Crippen molar-refractivity contribution in [1.29, 1.82) is 5.26 Å². The van der Waals surface area contributed by atoms with Gasteiger partial charge in [0.25, 0.3) is 0 Å². The summed E-state index contributed by atoms with van der Waals surface area (Å²) in [5.41, 5.74) is 0.364. The van der Waals surface area contributed by atoms with E-state index in [1.54, 1.807) is 48.5 Å². The van der Waals surface area contributed by atoms with Gasteiger partial charge in [0.15, 0.2) is 0 Å². The van der Waals surface area contributed by atoms with Crippen LogP contribution in [0.15, 0.2) is 70.6 Å². The standard InChI is InChI=1S/C20H13F3N2S/c1-13-7-9-15(10-8-13)26-19-16(12-24)17(20(21,22)23)11-18(25-19)14-5-3-2-4-6-14/h2-11H,1H3. The summed E-state index contributed by atoms with van der Waals surface area (Å²) < 4.78 is 40.5. The fourth-order valence-corrected chi connectivity index (χ4v) is 3.30. The van der Waals surface area contributed by atoms with Crippen molar-refractivity contribution >= 4 is 11.8 Å². The second-order valence-electron chi connectivity index (χ2n) is 5.63. The normalized spacial score (nSPS) is 11.2. The first-order valence-electron chi connectivity index (χ1n) is 7.71. The van der Waals surface area contributed by atoms with Gasteiger partial charge in [0.2, 0.25) is 0 Å². The average Bonchev–Trinajstić information content (AvgIpc) is 2.63. The molecule has 6 heteroatoms. The molecule has 130 valence electrons. The van der Waals surface area contributed by atoms with Gasteiger partial charge in [-0.25, -0.2) is 4.98 Å². The fraction of sp³-hybridized carbons (Fsp3) is 0.100. The number of nitriles is 1. The molecule has 2 nitrogen and oxygen atoms in total. The maximum Gasteiger partial charge on any atom is 0.417 e. The lowest BCUT2D eigenvalue weighted by Gasteiger charge is -2.14. The summed E-state index contributed by atoms with van der Waals surface area (Å²) in [5.74, 6) is 0. The summed E-state index contributed by atoms with van der Waals surface area (Å²) in [7, 11) is 0. The summed E-state index contributed by atoms with van der Waals surface area (Å²) in [6.45, 7) is 1.92. The Labute approximate surface area is 153 Å². The second kappa shape index (κ2) is 7.22. The van der Waals surface area contributed by atoms with Crippen LogP contribution in [0, 0.1) is 18.3 Å². The van der Waals surface area contributed by atoms with Crippen molar-refractivity contribution in [1.82, 2.24) is 4.98 Å². The molecule has 0 atom stereocenters. The number of aryl methyl sites for hydroxylation is 1. The highest BCUT2D eigenvalue weighted by molar-refractivity contribution is 7.99. The van der Waals surface area contributed by atoms with Crippen LogP contribution in [0.25, 0.3) is 11.3 Å². The summed E-state index contributed by atoms with van der Waals surface area (Å²) in [4.78, 5) is 5.07. The molecular weight excluding hydrogens is 357 g/mol. The van der Waals surface area contributed by atoms with Gasteiger partial charge in [-0.15, -0.1) is 0 Å². The van der Waals surface area contributed by atoms with Crippen molar-refractivity contribution < 1.29 is 13.2 Å². The lowest BCUT2D eigenvalue weighted by atomic mass is 10.1. The van der Waals surface area contributed by atoms with E-state index in [0.29, 0.717) is 5.56 Å². The zero-order valence-electron chi connectivity index (χ0n) is 13.7. The molecule has 0 fully saturated rings. The van der Waals surface area contributed by atoms with E-state index in [4.69, 9.17) is 0 Å². The van der Waals surface area contributed by atoms with E-state index in [1.807, 2.05) is 19.1 Å². The van der Waals surface area contributed by atoms with Gasteiger partial charge in [0.05, 0.1) is 16.8 Å². The molecule has 0 spiro atoms. The van der Waals surface area contributed by atoms with Gasteiger partial charge < -0.3 is 0 Å². The van der Waals surface area contributed by atoms with Crippen molar-refractivity contribution in [2.75, 3.05) is 0 Å². The first kappa shape index (κ1) is 18.0. The van der Waals surface area contributed by atoms with Gasteiger partial charge in [-0.3, -0.25) is 0 Å². The van der Waals surface area contributed by atoms with Crippen LogP contribution in [0.2, 0.25) is 0 Å². The minimum absolute atomic E-state index is 0.0463. The van der Waals surface area contributed by atoms with Crippen molar-refractivity contribution in [3.05, 3.63) is 77.4 Å². The molecule has 0 amide bonds. The summed E-state index contributed by atoms with van der Waals surface area (Å²) in [6, 6.07) is 18.6. The predicted molar refractivity (Wildman–Crippen MR) is 94.7 cm³/mol. The number of alkyl halides is 3. The van der Waals surface area contributed by atoms with Crippen molar-refractivity contribution in [3.8, 4) is 17.3 Å². The van der Waals surface area contributed by atoms with Crippen LogP contribution in [0.3, 0.4) is 0 Å². The van der Waals surface area contributed by atoms with Gasteiger partial charge >= 0.3 is 6.18 Å². The number of benzene rings is 2. The van der Waals surface area contributed by atoms with Crippen LogP contribution in [-0.2, 0) is 6.18 Å². The Balaban J connectivity index is 2.17. The third-order valence-corrected chi connectivity index (χ3v) is 4.71. The predicted octanol–water partition coefficient (Wildman–Crippen LogP) is 6.10. The van der Waals surface area contributed by atoms with Gasteiger partial charge in [0, 0.05) is 10.5 Å². The van der Waals surface area contributed by atoms with Gasteiger partial charge in [0.1, 0.15) is 11.1 Å². The third-order valence-electron chi connectivity index (χ3n) is 3.71. The Morgan fingerprint density at radius 3 is 2.23 bits per heavy atom. The molecule has 0 N–H and O–H groups in total. The molecule has 0 aliphatic carbocycles. The number of pyridine rings is 1. The zero-order valence-corrected chi connectivity index (χ0v) is 14.5. The van der Waals surface area contributed by atoms with E-state index in [1.165, 1.54) is 0 Å². The lowest BCUT2D eigenvalue weighted by Crippen LogP contribution is -2.10. The van der Waals surface area contributed by atoms with Crippen LogP contribution >= 0.6 is 11.8 Å². The molecule has 1 aromatic heterocycles. The van der Waals surface area contributed by atoms with Crippen LogP contribution in [-0.4, -0.2) is 4.98 Å². The number of hydrogen-bond acceptors (Lipinski definition) is 3. The van der Waals surface area contributed by atoms with Crippen LogP contribution in [0.1, 0.15) is 16.7 Å². The van der Waals surface area contributed by atoms with Crippen LogP contribution in [0.5, 0.6) is 0 Å². The molecule has 1 heterocycles. The van der Waals surface area contributed by atoms with Gasteiger partial charge in [-0.05, 0) is 25.1 Å². The Bertz CT molecular complexity index is 959. The molecule has 0 aliphatic heterocycles. The average molecular weight is 370 g/mol. The minimum Gasteiger partial charge on any atom is -0.240 e. The molecule has 3 aromatic rings. The summed E-state index contributed by atoms with van der Waals surface area (Å²) >= 11 is 1.05. The molecule has 0 aliphatic rings. The first-order valence-corrected chi connectivity index (χ1v) is 8.52. The largest absolute Gasteiger partial charge is 0.417 e. The summed E-state index contributed by atoms with van der Waals surface area (Å²) in [6.07, 6.45) is -4.64. The number of halogens is 3. The van der Waals surface area contributed by atoms with E-state index < -0.39 is 17.3 Å². The third kappa shape index (κ3) is 3.89. The molecule has 2 aromatic carbocycles. The Morgan fingerprint density at radius 2 is 1.65 bits per heavy atom. The molecule has 0 radical (unpaired) electrons. The highest BCUT2D eigenvalue weighted by atomic mass is 32.2.